The molecule has 2 aromatic heterocycles. The predicted molar refractivity (Wildman–Crippen MR) is 73.8 cm³/mol. The van der Waals surface area contributed by atoms with E-state index in [2.05, 4.69) is 51.6 Å². The summed E-state index contributed by atoms with van der Waals surface area (Å²) < 4.78 is 0. The number of aromatic amines is 1. The Hall–Kier alpha value is -1.85. The molecule has 0 aliphatic carbocycles. The Bertz CT molecular complexity index is 518. The van der Waals surface area contributed by atoms with Gasteiger partial charge in [0.15, 0.2) is 5.65 Å². The molecule has 0 fully saturated rings. The quantitative estimate of drug-likeness (QED) is 0.756. The largest absolute Gasteiger partial charge is 0.367 e. The number of H-pyrrole nitrogens is 1. The maximum Gasteiger partial charge on any atom is 0.226 e. The van der Waals surface area contributed by atoms with Gasteiger partial charge in [0.25, 0.3) is 0 Å². The predicted octanol–water partition coefficient (Wildman–Crippen LogP) is 2.24. The van der Waals surface area contributed by atoms with Gasteiger partial charge in [-0.2, -0.15) is 15.1 Å². The molecule has 2 rings (SSSR count). The Morgan fingerprint density at radius 3 is 2.72 bits per heavy atom. The van der Waals surface area contributed by atoms with Gasteiger partial charge in [0.1, 0.15) is 5.82 Å². The minimum Gasteiger partial charge on any atom is -0.367 e. The summed E-state index contributed by atoms with van der Waals surface area (Å²) in [4.78, 5) is 8.75. The summed E-state index contributed by atoms with van der Waals surface area (Å²) in [6.07, 6.45) is 2.84. The van der Waals surface area contributed by atoms with Gasteiger partial charge in [0, 0.05) is 13.1 Å². The summed E-state index contributed by atoms with van der Waals surface area (Å²) in [5.74, 6) is 2.06. The fourth-order valence-corrected chi connectivity index (χ4v) is 2.06. The van der Waals surface area contributed by atoms with Crippen LogP contribution in [0.1, 0.15) is 27.2 Å². The number of nitrogens with one attached hydrogen (secondary N) is 3. The average Bonchev–Trinajstić information content (AvgIpc) is 2.75. The van der Waals surface area contributed by atoms with Crippen molar-refractivity contribution in [3.8, 4) is 0 Å². The van der Waals surface area contributed by atoms with Crippen LogP contribution in [-0.4, -0.2) is 33.3 Å². The molecule has 0 spiro atoms. The van der Waals surface area contributed by atoms with Crippen LogP contribution >= 0.6 is 0 Å². The first kappa shape index (κ1) is 12.6. The summed E-state index contributed by atoms with van der Waals surface area (Å²) in [5, 5.41) is 14.2. The second-order valence-corrected chi connectivity index (χ2v) is 4.95. The van der Waals surface area contributed by atoms with Gasteiger partial charge in [0.05, 0.1) is 11.6 Å². The van der Waals surface area contributed by atoms with Crippen LogP contribution in [-0.2, 0) is 0 Å². The zero-order valence-electron chi connectivity index (χ0n) is 11.3. The molecule has 2 aromatic rings. The molecule has 0 aliphatic heterocycles. The summed E-state index contributed by atoms with van der Waals surface area (Å²) in [6, 6.07) is 0.364. The molecule has 0 aromatic carbocycles. The number of hydrogen-bond donors (Lipinski definition) is 3. The van der Waals surface area contributed by atoms with E-state index in [0.29, 0.717) is 17.9 Å². The number of nitrogens with zero attached hydrogens (tertiary/aromatic N) is 3. The van der Waals surface area contributed by atoms with Gasteiger partial charge in [-0.1, -0.05) is 13.8 Å². The summed E-state index contributed by atoms with van der Waals surface area (Å²) in [5.41, 5.74) is 0.744. The SMILES string of the molecule is CNc1nc(NC(C)CC(C)C)c2cn[nH]c2n1. The highest BCUT2D eigenvalue weighted by Gasteiger charge is 2.12. The van der Waals surface area contributed by atoms with E-state index >= 15 is 0 Å². The molecule has 0 aliphatic rings. The van der Waals surface area contributed by atoms with Gasteiger partial charge in [-0.3, -0.25) is 5.10 Å². The van der Waals surface area contributed by atoms with E-state index in [1.54, 1.807) is 13.2 Å². The van der Waals surface area contributed by atoms with Crippen molar-refractivity contribution in [2.75, 3.05) is 17.7 Å². The summed E-state index contributed by atoms with van der Waals surface area (Å²) in [7, 11) is 1.80. The molecule has 0 radical (unpaired) electrons. The molecule has 0 saturated heterocycles. The van der Waals surface area contributed by atoms with Gasteiger partial charge in [-0.25, -0.2) is 0 Å². The lowest BCUT2D eigenvalue weighted by atomic mass is 10.1. The van der Waals surface area contributed by atoms with Crippen molar-refractivity contribution in [1.82, 2.24) is 20.2 Å². The number of anilines is 2. The van der Waals surface area contributed by atoms with E-state index in [1.807, 2.05) is 0 Å². The van der Waals surface area contributed by atoms with Crippen molar-refractivity contribution in [2.45, 2.75) is 33.2 Å². The lowest BCUT2D eigenvalue weighted by Crippen LogP contribution is -2.18. The highest BCUT2D eigenvalue weighted by Crippen LogP contribution is 2.21. The number of rotatable bonds is 5. The van der Waals surface area contributed by atoms with Crippen LogP contribution in [0.4, 0.5) is 11.8 Å². The first-order valence-corrected chi connectivity index (χ1v) is 6.25. The smallest absolute Gasteiger partial charge is 0.226 e. The third kappa shape index (κ3) is 2.69. The van der Waals surface area contributed by atoms with E-state index in [4.69, 9.17) is 0 Å². The van der Waals surface area contributed by atoms with Crippen molar-refractivity contribution < 1.29 is 0 Å². The number of fused-ring (bicyclic) bond motifs is 1. The average molecular weight is 248 g/mol. The molecular weight excluding hydrogens is 228 g/mol. The topological polar surface area (TPSA) is 78.5 Å². The van der Waals surface area contributed by atoms with Crippen molar-refractivity contribution >= 4 is 22.8 Å². The Kier molecular flexibility index (Phi) is 3.64. The van der Waals surface area contributed by atoms with Crippen LogP contribution in [0.15, 0.2) is 6.20 Å². The lowest BCUT2D eigenvalue weighted by Gasteiger charge is -2.17. The van der Waals surface area contributed by atoms with Gasteiger partial charge >= 0.3 is 0 Å². The Labute approximate surface area is 107 Å². The van der Waals surface area contributed by atoms with E-state index in [9.17, 15) is 0 Å². The minimum atomic E-state index is 0.364. The van der Waals surface area contributed by atoms with Crippen molar-refractivity contribution in [3.05, 3.63) is 6.20 Å². The van der Waals surface area contributed by atoms with E-state index < -0.39 is 0 Å². The van der Waals surface area contributed by atoms with Crippen LogP contribution in [0.2, 0.25) is 0 Å². The standard InChI is InChI=1S/C12H20N6/c1-7(2)5-8(3)15-10-9-6-14-18-11(9)17-12(13-4)16-10/h6-8H,5H2,1-4H3,(H3,13,14,15,16,17,18). The molecule has 3 N–H and O–H groups in total. The van der Waals surface area contributed by atoms with E-state index in [1.165, 1.54) is 0 Å². The van der Waals surface area contributed by atoms with E-state index in [0.717, 1.165) is 23.3 Å². The minimum absolute atomic E-state index is 0.364. The molecule has 18 heavy (non-hydrogen) atoms. The fraction of sp³-hybridized carbons (Fsp3) is 0.583. The zero-order chi connectivity index (χ0) is 13.1. The van der Waals surface area contributed by atoms with Gasteiger partial charge < -0.3 is 10.6 Å². The molecular formula is C12H20N6. The first-order chi connectivity index (χ1) is 8.60. The first-order valence-electron chi connectivity index (χ1n) is 6.25. The van der Waals surface area contributed by atoms with Crippen LogP contribution in [0.5, 0.6) is 0 Å². The second-order valence-electron chi connectivity index (χ2n) is 4.95. The van der Waals surface area contributed by atoms with Crippen LogP contribution < -0.4 is 10.6 Å². The Morgan fingerprint density at radius 1 is 1.28 bits per heavy atom. The third-order valence-corrected chi connectivity index (χ3v) is 2.74. The molecule has 0 saturated carbocycles. The summed E-state index contributed by atoms with van der Waals surface area (Å²) >= 11 is 0. The van der Waals surface area contributed by atoms with Gasteiger partial charge in [0.2, 0.25) is 5.95 Å². The molecule has 6 nitrogen and oxygen atoms in total. The van der Waals surface area contributed by atoms with Crippen LogP contribution in [0.3, 0.4) is 0 Å². The third-order valence-electron chi connectivity index (χ3n) is 2.74. The maximum atomic E-state index is 4.45. The molecule has 6 heteroatoms. The molecule has 98 valence electrons. The molecule has 0 bridgehead atoms. The number of hydrogen-bond acceptors (Lipinski definition) is 5. The Balaban J connectivity index is 2.28. The van der Waals surface area contributed by atoms with Crippen molar-refractivity contribution in [1.29, 1.82) is 0 Å². The highest BCUT2D eigenvalue weighted by molar-refractivity contribution is 5.87. The zero-order valence-corrected chi connectivity index (χ0v) is 11.3. The fourth-order valence-electron chi connectivity index (χ4n) is 2.06. The Morgan fingerprint density at radius 2 is 2.06 bits per heavy atom. The normalized spacial score (nSPS) is 12.9. The van der Waals surface area contributed by atoms with Crippen LogP contribution in [0.25, 0.3) is 11.0 Å². The van der Waals surface area contributed by atoms with Gasteiger partial charge in [-0.15, -0.1) is 0 Å². The monoisotopic (exact) mass is 248 g/mol. The number of aromatic nitrogens is 4. The van der Waals surface area contributed by atoms with E-state index in [-0.39, 0.29) is 0 Å². The van der Waals surface area contributed by atoms with Crippen LogP contribution in [0, 0.1) is 5.92 Å². The molecule has 2 heterocycles. The maximum absolute atomic E-state index is 4.45. The van der Waals surface area contributed by atoms with Gasteiger partial charge in [-0.05, 0) is 19.3 Å². The molecule has 1 unspecified atom stereocenters. The van der Waals surface area contributed by atoms with Crippen molar-refractivity contribution in [2.24, 2.45) is 5.92 Å². The highest BCUT2D eigenvalue weighted by atomic mass is 15.2. The second kappa shape index (κ2) is 5.20. The summed E-state index contributed by atoms with van der Waals surface area (Å²) in [6.45, 7) is 6.59. The molecule has 0 amide bonds. The van der Waals surface area contributed by atoms with Crippen molar-refractivity contribution in [3.63, 3.8) is 0 Å². The lowest BCUT2D eigenvalue weighted by molar-refractivity contribution is 0.539. The molecule has 1 atom stereocenters.